The summed E-state index contributed by atoms with van der Waals surface area (Å²) in [7, 11) is 0. The molecule has 3 rings (SSSR count). The lowest BCUT2D eigenvalue weighted by atomic mass is 10.0. The summed E-state index contributed by atoms with van der Waals surface area (Å²) in [5.74, 6) is 0. The van der Waals surface area contributed by atoms with E-state index in [0.717, 1.165) is 22.3 Å². The molecule has 0 unspecified atom stereocenters. The molecular formula is C13H8N3O2+. The first kappa shape index (κ1) is 10.4. The summed E-state index contributed by atoms with van der Waals surface area (Å²) in [6, 6.07) is 10.2. The first-order valence-electron chi connectivity index (χ1n) is 5.45. The number of nitrogens with zero attached hydrogens (tertiary/aromatic N) is 3. The van der Waals surface area contributed by atoms with Gasteiger partial charge in [-0.1, -0.05) is 12.1 Å². The van der Waals surface area contributed by atoms with Crippen molar-refractivity contribution < 1.29 is 4.92 Å². The Bertz CT molecular complexity index is 717. The van der Waals surface area contributed by atoms with E-state index in [4.69, 9.17) is 5.39 Å². The number of benzene rings is 2. The fourth-order valence-electron chi connectivity index (χ4n) is 2.42. The first-order valence-corrected chi connectivity index (χ1v) is 5.45. The Morgan fingerprint density at radius 1 is 1.22 bits per heavy atom. The van der Waals surface area contributed by atoms with Gasteiger partial charge in [0.15, 0.2) is 4.98 Å². The number of rotatable bonds is 1. The zero-order valence-corrected chi connectivity index (χ0v) is 9.33. The molecule has 0 heterocycles. The van der Waals surface area contributed by atoms with Crippen molar-refractivity contribution in [2.75, 3.05) is 0 Å². The standard InChI is InChI=1S/C13H8N3O2/c14-15-12-3-1-2-8-6-9-7-10(16(17)18)4-5-11(9)13(8)12/h1-5,7H,6H2/q+1. The molecule has 0 bridgehead atoms. The Labute approximate surface area is 102 Å². The van der Waals surface area contributed by atoms with Crippen LogP contribution < -0.4 is 0 Å². The van der Waals surface area contributed by atoms with E-state index in [-0.39, 0.29) is 5.69 Å². The number of nitro benzene ring substituents is 1. The second kappa shape index (κ2) is 3.64. The van der Waals surface area contributed by atoms with Gasteiger partial charge in [-0.25, -0.2) is 0 Å². The van der Waals surface area contributed by atoms with Gasteiger partial charge < -0.3 is 0 Å². The quantitative estimate of drug-likeness (QED) is 0.369. The van der Waals surface area contributed by atoms with Crippen molar-refractivity contribution in [2.45, 2.75) is 6.42 Å². The Balaban J connectivity index is 2.23. The minimum absolute atomic E-state index is 0.0871. The molecule has 0 radical (unpaired) electrons. The summed E-state index contributed by atoms with van der Waals surface area (Å²) < 4.78 is 0. The number of fused-ring (bicyclic) bond motifs is 3. The lowest BCUT2D eigenvalue weighted by Gasteiger charge is -1.98. The topological polar surface area (TPSA) is 71.3 Å². The highest BCUT2D eigenvalue weighted by atomic mass is 16.6. The third-order valence-corrected chi connectivity index (χ3v) is 3.19. The van der Waals surface area contributed by atoms with Gasteiger partial charge in [0, 0.05) is 18.2 Å². The predicted octanol–water partition coefficient (Wildman–Crippen LogP) is 3.65. The third kappa shape index (κ3) is 1.36. The maximum absolute atomic E-state index is 10.7. The Hall–Kier alpha value is -2.74. The van der Waals surface area contributed by atoms with Crippen LogP contribution in [0.3, 0.4) is 0 Å². The Morgan fingerprint density at radius 3 is 2.78 bits per heavy atom. The van der Waals surface area contributed by atoms with E-state index < -0.39 is 4.92 Å². The molecule has 0 saturated carbocycles. The molecule has 86 valence electrons. The van der Waals surface area contributed by atoms with Crippen LogP contribution in [0.5, 0.6) is 0 Å². The molecule has 2 aromatic carbocycles. The summed E-state index contributed by atoms with van der Waals surface area (Å²) in [6.07, 6.45) is 0.635. The van der Waals surface area contributed by atoms with Gasteiger partial charge in [-0.2, -0.15) is 0 Å². The van der Waals surface area contributed by atoms with E-state index in [1.165, 1.54) is 6.07 Å². The molecule has 0 saturated heterocycles. The number of hydrogen-bond donors (Lipinski definition) is 0. The molecular weight excluding hydrogens is 230 g/mol. The van der Waals surface area contributed by atoms with Gasteiger partial charge in [0.1, 0.15) is 0 Å². The Kier molecular flexibility index (Phi) is 2.10. The first-order chi connectivity index (χ1) is 8.70. The summed E-state index contributed by atoms with van der Waals surface area (Å²) in [4.78, 5) is 13.6. The molecule has 0 amide bonds. The van der Waals surface area contributed by atoms with Crippen LogP contribution >= 0.6 is 0 Å². The molecule has 1 aliphatic carbocycles. The molecule has 0 fully saturated rings. The normalized spacial score (nSPS) is 11.5. The molecule has 0 spiro atoms. The van der Waals surface area contributed by atoms with E-state index in [1.54, 1.807) is 18.2 Å². The van der Waals surface area contributed by atoms with Crippen molar-refractivity contribution in [3.8, 4) is 11.1 Å². The Morgan fingerprint density at radius 2 is 2.06 bits per heavy atom. The molecule has 0 aromatic heterocycles. The summed E-state index contributed by atoms with van der Waals surface area (Å²) >= 11 is 0. The second-order valence-corrected chi connectivity index (χ2v) is 4.19. The van der Waals surface area contributed by atoms with Crippen molar-refractivity contribution in [1.29, 1.82) is 5.39 Å². The molecule has 0 N–H and O–H groups in total. The minimum Gasteiger partial charge on any atom is -0.258 e. The fraction of sp³-hybridized carbons (Fsp3) is 0.0769. The zero-order chi connectivity index (χ0) is 12.7. The van der Waals surface area contributed by atoms with Crippen LogP contribution in [-0.4, -0.2) is 4.92 Å². The van der Waals surface area contributed by atoms with Gasteiger partial charge in [0.2, 0.25) is 5.39 Å². The van der Waals surface area contributed by atoms with Crippen molar-refractivity contribution in [3.63, 3.8) is 0 Å². The maximum atomic E-state index is 10.7. The van der Waals surface area contributed by atoms with Crippen LogP contribution in [0.2, 0.25) is 0 Å². The molecule has 18 heavy (non-hydrogen) atoms. The fourth-order valence-corrected chi connectivity index (χ4v) is 2.42. The monoisotopic (exact) mass is 238 g/mol. The van der Waals surface area contributed by atoms with Gasteiger partial charge in [-0.15, -0.1) is 0 Å². The van der Waals surface area contributed by atoms with E-state index in [2.05, 4.69) is 4.98 Å². The van der Waals surface area contributed by atoms with Gasteiger partial charge in [0.05, 0.1) is 10.5 Å². The van der Waals surface area contributed by atoms with Gasteiger partial charge in [0.25, 0.3) is 5.69 Å². The molecule has 5 heteroatoms. The average molecular weight is 238 g/mol. The number of nitro groups is 1. The summed E-state index contributed by atoms with van der Waals surface area (Å²) in [5, 5.41) is 19.7. The van der Waals surface area contributed by atoms with Crippen LogP contribution in [0.4, 0.5) is 11.4 Å². The highest BCUT2D eigenvalue weighted by Crippen LogP contribution is 2.43. The molecule has 2 aromatic rings. The molecule has 1 aliphatic rings. The van der Waals surface area contributed by atoms with Crippen molar-refractivity contribution in [3.05, 3.63) is 62.6 Å². The second-order valence-electron chi connectivity index (χ2n) is 4.19. The van der Waals surface area contributed by atoms with Crippen LogP contribution in [0, 0.1) is 15.5 Å². The molecule has 5 nitrogen and oxygen atoms in total. The lowest BCUT2D eigenvalue weighted by molar-refractivity contribution is -0.384. The van der Waals surface area contributed by atoms with Crippen LogP contribution in [0.25, 0.3) is 16.1 Å². The summed E-state index contributed by atoms with van der Waals surface area (Å²) in [5.41, 5.74) is 4.29. The molecule has 0 aliphatic heterocycles. The molecule has 0 atom stereocenters. The third-order valence-electron chi connectivity index (χ3n) is 3.19. The highest BCUT2D eigenvalue weighted by Gasteiger charge is 2.28. The SMILES string of the molecule is N#[N+]c1cccc2c1-c1ccc([N+](=O)[O-])cc1C2. The summed E-state index contributed by atoms with van der Waals surface area (Å²) in [6.45, 7) is 0. The number of hydrogen-bond acceptors (Lipinski definition) is 3. The van der Waals surface area contributed by atoms with Crippen LogP contribution in [0.15, 0.2) is 36.4 Å². The zero-order valence-electron chi connectivity index (χ0n) is 9.33. The van der Waals surface area contributed by atoms with Crippen molar-refractivity contribution in [1.82, 2.24) is 0 Å². The van der Waals surface area contributed by atoms with E-state index in [0.29, 0.717) is 12.1 Å². The average Bonchev–Trinajstić information content (AvgIpc) is 2.75. The van der Waals surface area contributed by atoms with Crippen LogP contribution in [-0.2, 0) is 6.42 Å². The lowest BCUT2D eigenvalue weighted by Crippen LogP contribution is -1.89. The smallest absolute Gasteiger partial charge is 0.258 e. The number of non-ortho nitro benzene ring substituents is 1. The van der Waals surface area contributed by atoms with Crippen molar-refractivity contribution >= 4 is 11.4 Å². The van der Waals surface area contributed by atoms with Crippen LogP contribution in [0.1, 0.15) is 11.1 Å². The predicted molar refractivity (Wildman–Crippen MR) is 66.1 cm³/mol. The van der Waals surface area contributed by atoms with Gasteiger partial charge in [-0.05, 0) is 29.2 Å². The number of diazo groups is 1. The van der Waals surface area contributed by atoms with Crippen molar-refractivity contribution in [2.24, 2.45) is 0 Å². The van der Waals surface area contributed by atoms with Gasteiger partial charge in [-0.3, -0.25) is 10.1 Å². The minimum atomic E-state index is -0.402. The highest BCUT2D eigenvalue weighted by molar-refractivity contribution is 5.87. The van der Waals surface area contributed by atoms with E-state index in [9.17, 15) is 10.1 Å². The largest absolute Gasteiger partial charge is 0.393 e. The van der Waals surface area contributed by atoms with E-state index >= 15 is 0 Å². The van der Waals surface area contributed by atoms with Gasteiger partial charge >= 0.3 is 5.69 Å². The maximum Gasteiger partial charge on any atom is 0.393 e. The van der Waals surface area contributed by atoms with E-state index in [1.807, 2.05) is 12.1 Å².